The number of thioether (sulfide) groups is 1. The first-order valence-corrected chi connectivity index (χ1v) is 7.22. The Bertz CT molecular complexity index is 309. The number of amidine groups is 1. The van der Waals surface area contributed by atoms with Crippen LogP contribution >= 0.6 is 11.8 Å². The molecule has 1 fully saturated rings. The maximum absolute atomic E-state index is 5.49. The molecule has 1 rings (SSSR count). The van der Waals surface area contributed by atoms with Crippen LogP contribution in [-0.4, -0.2) is 68.9 Å². The first-order chi connectivity index (χ1) is 8.71. The molecule has 1 unspecified atom stereocenters. The van der Waals surface area contributed by atoms with Crippen LogP contribution in [-0.2, 0) is 9.68 Å². The van der Waals surface area contributed by atoms with Gasteiger partial charge >= 0.3 is 0 Å². The zero-order chi connectivity index (χ0) is 13.4. The number of hydrogen-bond acceptors (Lipinski definition) is 6. The van der Waals surface area contributed by atoms with E-state index in [-0.39, 0.29) is 0 Å². The van der Waals surface area contributed by atoms with E-state index in [9.17, 15) is 0 Å². The molecule has 0 amide bonds. The lowest BCUT2D eigenvalue weighted by molar-refractivity contribution is 0.0466. The van der Waals surface area contributed by atoms with Gasteiger partial charge < -0.3 is 4.84 Å². The number of aliphatic imine (C=N–C) groups is 1. The highest BCUT2D eigenvalue weighted by atomic mass is 32.2. The number of nitrogens with zero attached hydrogens (tertiary/aromatic N) is 3. The monoisotopic (exact) mass is 274 g/mol. The van der Waals surface area contributed by atoms with Crippen LogP contribution in [0.1, 0.15) is 6.42 Å². The number of likely N-dealkylation sites (tertiary alicyclic amines) is 1. The highest BCUT2D eigenvalue weighted by Gasteiger charge is 2.26. The second-order valence-corrected chi connectivity index (χ2v) is 5.00. The van der Waals surface area contributed by atoms with Gasteiger partial charge in [-0.3, -0.25) is 20.2 Å². The zero-order valence-corrected chi connectivity index (χ0v) is 12.3. The summed E-state index contributed by atoms with van der Waals surface area (Å²) >= 11 is 1.71. The van der Waals surface area contributed by atoms with Crippen LogP contribution in [0.5, 0.6) is 0 Å². The number of hydrogen-bond donors (Lipinski definition) is 1. The lowest BCUT2D eigenvalue weighted by atomic mass is 10.2. The summed E-state index contributed by atoms with van der Waals surface area (Å²) in [4.78, 5) is 16.6. The normalized spacial score (nSPS) is 23.7. The highest BCUT2D eigenvalue weighted by molar-refractivity contribution is 7.99. The van der Waals surface area contributed by atoms with Gasteiger partial charge in [0.05, 0.1) is 18.1 Å². The molecule has 1 N–H and O–H groups in total. The van der Waals surface area contributed by atoms with Gasteiger partial charge in [0.15, 0.2) is 0 Å². The predicted octanol–water partition coefficient (Wildman–Crippen LogP) is 0.605. The second-order valence-electron chi connectivity index (χ2n) is 4.13. The van der Waals surface area contributed by atoms with Gasteiger partial charge in [-0.25, -0.2) is 0 Å². The summed E-state index contributed by atoms with van der Waals surface area (Å²) in [6.45, 7) is 1.44. The SMILES string of the molecule is CN=C(CSC)NOCC1CC(=NOC)CN1C. The minimum absolute atomic E-state index is 0.332. The van der Waals surface area contributed by atoms with Gasteiger partial charge in [-0.15, -0.1) is 0 Å². The average Bonchev–Trinajstić information content (AvgIpc) is 2.69. The third-order valence-corrected chi connectivity index (χ3v) is 3.33. The summed E-state index contributed by atoms with van der Waals surface area (Å²) in [6, 6.07) is 0.332. The topological polar surface area (TPSA) is 58.5 Å². The fraction of sp³-hybridized carbons (Fsp3) is 0.818. The average molecular weight is 274 g/mol. The number of oxime groups is 1. The molecule has 18 heavy (non-hydrogen) atoms. The molecular weight excluding hydrogens is 252 g/mol. The van der Waals surface area contributed by atoms with Gasteiger partial charge in [0.1, 0.15) is 12.9 Å². The van der Waals surface area contributed by atoms with Gasteiger partial charge in [-0.05, 0) is 13.3 Å². The molecule has 0 aromatic heterocycles. The Morgan fingerprint density at radius 3 is 3.00 bits per heavy atom. The van der Waals surface area contributed by atoms with E-state index in [2.05, 4.69) is 27.6 Å². The summed E-state index contributed by atoms with van der Waals surface area (Å²) in [5.74, 6) is 1.68. The largest absolute Gasteiger partial charge is 0.399 e. The smallest absolute Gasteiger partial charge is 0.130 e. The van der Waals surface area contributed by atoms with Crippen molar-refractivity contribution in [2.75, 3.05) is 46.4 Å². The first kappa shape index (κ1) is 15.3. The number of rotatable bonds is 6. The molecule has 1 aliphatic heterocycles. The van der Waals surface area contributed by atoms with Crippen molar-refractivity contribution in [2.45, 2.75) is 12.5 Å². The Labute approximate surface area is 113 Å². The van der Waals surface area contributed by atoms with Crippen LogP contribution in [0, 0.1) is 0 Å². The van der Waals surface area contributed by atoms with E-state index in [1.165, 1.54) is 0 Å². The van der Waals surface area contributed by atoms with Crippen molar-refractivity contribution in [3.63, 3.8) is 0 Å². The van der Waals surface area contributed by atoms with Crippen molar-refractivity contribution < 1.29 is 9.68 Å². The molecule has 0 radical (unpaired) electrons. The Kier molecular flexibility index (Phi) is 7.07. The van der Waals surface area contributed by atoms with E-state index in [1.807, 2.05) is 6.26 Å². The Morgan fingerprint density at radius 1 is 1.61 bits per heavy atom. The molecule has 1 saturated heterocycles. The standard InChI is InChI=1S/C11H22N4O2S/c1-12-11(8-18-4)14-17-7-10-5-9(13-16-3)6-15(10)2/h10H,5-8H2,1-4H3,(H,12,14). The Balaban J connectivity index is 2.29. The van der Waals surface area contributed by atoms with Crippen LogP contribution in [0.15, 0.2) is 10.1 Å². The van der Waals surface area contributed by atoms with Crippen molar-refractivity contribution in [3.8, 4) is 0 Å². The van der Waals surface area contributed by atoms with Gasteiger partial charge in [0.25, 0.3) is 0 Å². The minimum Gasteiger partial charge on any atom is -0.399 e. The Morgan fingerprint density at radius 2 is 2.39 bits per heavy atom. The molecule has 7 heteroatoms. The molecule has 1 atom stereocenters. The molecule has 0 aliphatic carbocycles. The number of hydroxylamine groups is 1. The summed E-state index contributed by atoms with van der Waals surface area (Å²) in [7, 11) is 5.39. The summed E-state index contributed by atoms with van der Waals surface area (Å²) in [5, 5.41) is 3.99. The molecule has 0 spiro atoms. The molecule has 104 valence electrons. The maximum Gasteiger partial charge on any atom is 0.130 e. The quantitative estimate of drug-likeness (QED) is 0.437. The van der Waals surface area contributed by atoms with Gasteiger partial charge in [-0.1, -0.05) is 5.16 Å². The van der Waals surface area contributed by atoms with Crippen molar-refractivity contribution in [2.24, 2.45) is 10.1 Å². The van der Waals surface area contributed by atoms with Crippen molar-refractivity contribution in [1.29, 1.82) is 0 Å². The molecule has 0 aromatic rings. The fourth-order valence-electron chi connectivity index (χ4n) is 1.79. The Hall–Kier alpha value is -0.790. The summed E-state index contributed by atoms with van der Waals surface area (Å²) in [5.41, 5.74) is 3.95. The van der Waals surface area contributed by atoms with E-state index < -0.39 is 0 Å². The molecule has 0 aromatic carbocycles. The third-order valence-electron chi connectivity index (χ3n) is 2.76. The summed E-state index contributed by atoms with van der Waals surface area (Å²) < 4.78 is 0. The molecule has 0 saturated carbocycles. The molecule has 1 heterocycles. The van der Waals surface area contributed by atoms with Crippen LogP contribution in [0.4, 0.5) is 0 Å². The number of nitrogens with one attached hydrogen (secondary N) is 1. The number of likely N-dealkylation sites (N-methyl/N-ethyl adjacent to an activating group) is 1. The van der Waals surface area contributed by atoms with Crippen molar-refractivity contribution in [1.82, 2.24) is 10.4 Å². The lowest BCUT2D eigenvalue weighted by Gasteiger charge is -2.18. The van der Waals surface area contributed by atoms with Crippen LogP contribution in [0.25, 0.3) is 0 Å². The lowest BCUT2D eigenvalue weighted by Crippen LogP contribution is -2.34. The van der Waals surface area contributed by atoms with Crippen molar-refractivity contribution in [3.05, 3.63) is 0 Å². The van der Waals surface area contributed by atoms with Gasteiger partial charge in [-0.2, -0.15) is 11.8 Å². The van der Waals surface area contributed by atoms with E-state index >= 15 is 0 Å². The van der Waals surface area contributed by atoms with Crippen LogP contribution in [0.2, 0.25) is 0 Å². The zero-order valence-electron chi connectivity index (χ0n) is 11.5. The van der Waals surface area contributed by atoms with E-state index in [4.69, 9.17) is 9.68 Å². The maximum atomic E-state index is 5.49. The van der Waals surface area contributed by atoms with Gasteiger partial charge in [0.2, 0.25) is 0 Å². The van der Waals surface area contributed by atoms with Gasteiger partial charge in [0, 0.05) is 26.1 Å². The van der Waals surface area contributed by atoms with E-state index in [1.54, 1.807) is 25.9 Å². The summed E-state index contributed by atoms with van der Waals surface area (Å²) in [6.07, 6.45) is 2.91. The van der Waals surface area contributed by atoms with Crippen molar-refractivity contribution >= 4 is 23.3 Å². The third kappa shape index (κ3) is 4.83. The highest BCUT2D eigenvalue weighted by Crippen LogP contribution is 2.13. The molecule has 1 aliphatic rings. The molecule has 0 bridgehead atoms. The molecular formula is C11H22N4O2S. The second kappa shape index (κ2) is 8.34. The predicted molar refractivity (Wildman–Crippen MR) is 76.3 cm³/mol. The minimum atomic E-state index is 0.332. The molecule has 6 nitrogen and oxygen atoms in total. The fourth-order valence-corrected chi connectivity index (χ4v) is 2.25. The van der Waals surface area contributed by atoms with Crippen LogP contribution < -0.4 is 5.48 Å². The van der Waals surface area contributed by atoms with E-state index in [0.29, 0.717) is 12.6 Å². The van der Waals surface area contributed by atoms with Crippen LogP contribution in [0.3, 0.4) is 0 Å². The van der Waals surface area contributed by atoms with E-state index in [0.717, 1.165) is 30.3 Å². The first-order valence-electron chi connectivity index (χ1n) is 5.82.